The van der Waals surface area contributed by atoms with Crippen molar-refractivity contribution in [3.63, 3.8) is 0 Å². The molecule has 2 N–H and O–H groups in total. The van der Waals surface area contributed by atoms with Gasteiger partial charge in [-0.1, -0.05) is 24.6 Å². The molecule has 0 bridgehead atoms. The zero-order valence-electron chi connectivity index (χ0n) is 7.99. The molecule has 0 aliphatic rings. The Kier molecular flexibility index (Phi) is 2.54. The van der Waals surface area contributed by atoms with Gasteiger partial charge in [0.05, 0.1) is 4.88 Å². The number of nitrogens with zero attached hydrogens (tertiary/aromatic N) is 1. The van der Waals surface area contributed by atoms with E-state index in [9.17, 15) is 0 Å². The van der Waals surface area contributed by atoms with Gasteiger partial charge in [-0.25, -0.2) is 0 Å². The highest BCUT2D eigenvalue weighted by molar-refractivity contribution is 7.13. The van der Waals surface area contributed by atoms with Gasteiger partial charge >= 0.3 is 0 Å². The molecule has 2 aromatic heterocycles. The maximum atomic E-state index is 5.71. The van der Waals surface area contributed by atoms with E-state index >= 15 is 0 Å². The Hall–Kier alpha value is -1.29. The number of rotatable bonds is 3. The fourth-order valence-corrected chi connectivity index (χ4v) is 2.15. The molecule has 0 saturated carbocycles. The van der Waals surface area contributed by atoms with Crippen molar-refractivity contribution >= 4 is 17.2 Å². The van der Waals surface area contributed by atoms with Crippen molar-refractivity contribution in [2.24, 2.45) is 0 Å². The van der Waals surface area contributed by atoms with Crippen LogP contribution in [0.3, 0.4) is 0 Å². The fraction of sp³-hybridized carbons (Fsp3) is 0.300. The van der Waals surface area contributed by atoms with Crippen molar-refractivity contribution in [3.05, 3.63) is 23.1 Å². The number of thiophene rings is 1. The maximum Gasteiger partial charge on any atom is 0.225 e. The van der Waals surface area contributed by atoms with Gasteiger partial charge in [-0.15, -0.1) is 11.3 Å². The minimum Gasteiger partial charge on any atom is -0.367 e. The molecule has 3 nitrogen and oxygen atoms in total. The molecule has 0 aliphatic carbocycles. The first-order chi connectivity index (χ1) is 6.83. The summed E-state index contributed by atoms with van der Waals surface area (Å²) in [5.41, 5.74) is 7.65. The van der Waals surface area contributed by atoms with Crippen molar-refractivity contribution in [1.29, 1.82) is 0 Å². The lowest BCUT2D eigenvalue weighted by Crippen LogP contribution is -1.90. The van der Waals surface area contributed by atoms with Gasteiger partial charge in [-0.2, -0.15) is 0 Å². The molecular weight excluding hydrogens is 196 g/mol. The van der Waals surface area contributed by atoms with Crippen LogP contribution in [0.1, 0.15) is 18.9 Å². The van der Waals surface area contributed by atoms with E-state index in [4.69, 9.17) is 10.3 Å². The fourth-order valence-electron chi connectivity index (χ4n) is 1.42. The van der Waals surface area contributed by atoms with Gasteiger partial charge in [0.1, 0.15) is 5.69 Å². The molecule has 0 aromatic carbocycles. The van der Waals surface area contributed by atoms with Crippen LogP contribution in [0.5, 0.6) is 0 Å². The lowest BCUT2D eigenvalue weighted by Gasteiger charge is -1.96. The van der Waals surface area contributed by atoms with Crippen molar-refractivity contribution < 1.29 is 4.52 Å². The van der Waals surface area contributed by atoms with E-state index in [-0.39, 0.29) is 0 Å². The molecule has 0 amide bonds. The van der Waals surface area contributed by atoms with Crippen LogP contribution in [0.2, 0.25) is 0 Å². The smallest absolute Gasteiger partial charge is 0.225 e. The quantitative estimate of drug-likeness (QED) is 0.843. The van der Waals surface area contributed by atoms with Crippen molar-refractivity contribution in [3.8, 4) is 10.6 Å². The summed E-state index contributed by atoms with van der Waals surface area (Å²) in [7, 11) is 0. The van der Waals surface area contributed by atoms with Gasteiger partial charge in [0, 0.05) is 5.56 Å². The Bertz CT molecular complexity index is 406. The molecule has 0 aliphatic heterocycles. The molecule has 0 radical (unpaired) electrons. The minimum atomic E-state index is 0.454. The molecule has 2 aromatic rings. The molecule has 0 spiro atoms. The monoisotopic (exact) mass is 208 g/mol. The summed E-state index contributed by atoms with van der Waals surface area (Å²) >= 11 is 1.65. The number of nitrogen functional groups attached to an aromatic ring is 1. The maximum absolute atomic E-state index is 5.71. The predicted molar refractivity (Wildman–Crippen MR) is 58.2 cm³/mol. The second kappa shape index (κ2) is 3.84. The van der Waals surface area contributed by atoms with Crippen LogP contribution in [0.15, 0.2) is 22.0 Å². The first-order valence-corrected chi connectivity index (χ1v) is 5.48. The number of aromatic nitrogens is 1. The largest absolute Gasteiger partial charge is 0.367 e. The Labute approximate surface area is 86.5 Å². The van der Waals surface area contributed by atoms with E-state index in [0.717, 1.165) is 29.0 Å². The second-order valence-electron chi connectivity index (χ2n) is 3.10. The zero-order chi connectivity index (χ0) is 9.97. The summed E-state index contributed by atoms with van der Waals surface area (Å²) in [6, 6.07) is 4.03. The molecule has 74 valence electrons. The Balaban J connectivity index is 2.43. The third-order valence-corrected chi connectivity index (χ3v) is 2.95. The number of hydrogen-bond acceptors (Lipinski definition) is 4. The van der Waals surface area contributed by atoms with Crippen molar-refractivity contribution in [1.82, 2.24) is 5.16 Å². The number of hydrogen-bond donors (Lipinski definition) is 1. The van der Waals surface area contributed by atoms with E-state index in [1.165, 1.54) is 0 Å². The molecule has 0 fully saturated rings. The van der Waals surface area contributed by atoms with Crippen LogP contribution < -0.4 is 5.73 Å². The first kappa shape index (κ1) is 9.27. The number of anilines is 1. The number of nitrogens with two attached hydrogens (primary N) is 1. The molecule has 2 heterocycles. The average Bonchev–Trinajstić information content (AvgIpc) is 2.77. The SMILES string of the molecule is CCCc1c(-c2cccs2)noc1N. The molecular formula is C10H12N2OS. The summed E-state index contributed by atoms with van der Waals surface area (Å²) in [6.45, 7) is 2.12. The van der Waals surface area contributed by atoms with Gasteiger partial charge in [-0.05, 0) is 17.9 Å². The lowest BCUT2D eigenvalue weighted by atomic mass is 10.1. The highest BCUT2D eigenvalue weighted by atomic mass is 32.1. The molecule has 0 atom stereocenters. The summed E-state index contributed by atoms with van der Waals surface area (Å²) in [4.78, 5) is 1.12. The molecule has 4 heteroatoms. The minimum absolute atomic E-state index is 0.454. The van der Waals surface area contributed by atoms with E-state index in [1.807, 2.05) is 17.5 Å². The van der Waals surface area contributed by atoms with E-state index in [2.05, 4.69) is 12.1 Å². The van der Waals surface area contributed by atoms with Crippen LogP contribution in [0.4, 0.5) is 5.88 Å². The Morgan fingerprint density at radius 2 is 2.43 bits per heavy atom. The Morgan fingerprint density at radius 3 is 3.07 bits per heavy atom. The molecule has 0 unspecified atom stereocenters. The van der Waals surface area contributed by atoms with Gasteiger partial charge in [0.2, 0.25) is 5.88 Å². The van der Waals surface area contributed by atoms with Crippen LogP contribution >= 0.6 is 11.3 Å². The highest BCUT2D eigenvalue weighted by Crippen LogP contribution is 2.30. The average molecular weight is 208 g/mol. The van der Waals surface area contributed by atoms with Crippen molar-refractivity contribution in [2.75, 3.05) is 5.73 Å². The van der Waals surface area contributed by atoms with Gasteiger partial charge in [0.15, 0.2) is 0 Å². The highest BCUT2D eigenvalue weighted by Gasteiger charge is 2.14. The summed E-state index contributed by atoms with van der Waals surface area (Å²) < 4.78 is 5.01. The lowest BCUT2D eigenvalue weighted by molar-refractivity contribution is 0.438. The molecule has 14 heavy (non-hydrogen) atoms. The third kappa shape index (κ3) is 1.53. The topological polar surface area (TPSA) is 52.0 Å². The first-order valence-electron chi connectivity index (χ1n) is 4.60. The van der Waals surface area contributed by atoms with Crippen LogP contribution in [-0.4, -0.2) is 5.16 Å². The summed E-state index contributed by atoms with van der Waals surface area (Å²) in [5, 5.41) is 6.01. The van der Waals surface area contributed by atoms with Crippen LogP contribution in [0.25, 0.3) is 10.6 Å². The summed E-state index contributed by atoms with van der Waals surface area (Å²) in [6.07, 6.45) is 1.96. The van der Waals surface area contributed by atoms with Crippen molar-refractivity contribution in [2.45, 2.75) is 19.8 Å². The van der Waals surface area contributed by atoms with Crippen LogP contribution in [-0.2, 0) is 6.42 Å². The summed E-state index contributed by atoms with van der Waals surface area (Å²) in [5.74, 6) is 0.454. The molecule has 0 saturated heterocycles. The van der Waals surface area contributed by atoms with E-state index in [0.29, 0.717) is 5.88 Å². The van der Waals surface area contributed by atoms with E-state index < -0.39 is 0 Å². The second-order valence-corrected chi connectivity index (χ2v) is 4.05. The van der Waals surface area contributed by atoms with Gasteiger partial charge < -0.3 is 10.3 Å². The molecule has 2 rings (SSSR count). The predicted octanol–water partition coefficient (Wildman–Crippen LogP) is 2.94. The van der Waals surface area contributed by atoms with Crippen LogP contribution in [0, 0.1) is 0 Å². The standard InChI is InChI=1S/C10H12N2OS/c1-2-4-7-9(12-13-10(7)11)8-5-3-6-14-8/h3,5-6H,2,4,11H2,1H3. The van der Waals surface area contributed by atoms with Gasteiger partial charge in [0.25, 0.3) is 0 Å². The zero-order valence-corrected chi connectivity index (χ0v) is 8.80. The van der Waals surface area contributed by atoms with E-state index in [1.54, 1.807) is 11.3 Å². The third-order valence-electron chi connectivity index (χ3n) is 2.07. The normalized spacial score (nSPS) is 10.6. The van der Waals surface area contributed by atoms with Gasteiger partial charge in [-0.3, -0.25) is 0 Å². The Morgan fingerprint density at radius 1 is 1.57 bits per heavy atom.